The number of ether oxygens (including phenoxy) is 1. The summed E-state index contributed by atoms with van der Waals surface area (Å²) in [5.41, 5.74) is 1.22. The SMILES string of the molecule is CCOC(=S)Nc1nc2c(s1)C(=O)C(=C(O)c1ccc(F)nc1)CC2. The van der Waals surface area contributed by atoms with Crippen molar-refractivity contribution in [3.05, 3.63) is 46.0 Å². The lowest BCUT2D eigenvalue weighted by molar-refractivity contribution is 0.102. The average molecular weight is 379 g/mol. The molecule has 0 radical (unpaired) electrons. The van der Waals surface area contributed by atoms with E-state index in [2.05, 4.69) is 15.3 Å². The largest absolute Gasteiger partial charge is 0.507 e. The van der Waals surface area contributed by atoms with Gasteiger partial charge in [0.15, 0.2) is 5.13 Å². The molecule has 1 aliphatic rings. The maximum atomic E-state index is 12.9. The van der Waals surface area contributed by atoms with Gasteiger partial charge in [-0.1, -0.05) is 11.3 Å². The first-order chi connectivity index (χ1) is 12.0. The minimum atomic E-state index is -0.651. The molecule has 0 spiro atoms. The van der Waals surface area contributed by atoms with Crippen LogP contribution in [0.3, 0.4) is 0 Å². The zero-order chi connectivity index (χ0) is 18.0. The third-order valence-electron chi connectivity index (χ3n) is 3.56. The van der Waals surface area contributed by atoms with E-state index in [0.717, 1.165) is 17.4 Å². The zero-order valence-corrected chi connectivity index (χ0v) is 14.8. The second-order valence-corrected chi connectivity index (χ2v) is 6.54. The first kappa shape index (κ1) is 17.4. The number of thiocarbonyl (C=S) groups is 1. The summed E-state index contributed by atoms with van der Waals surface area (Å²) in [5, 5.41) is 13.9. The molecule has 2 aromatic heterocycles. The molecule has 0 aromatic carbocycles. The van der Waals surface area contributed by atoms with Crippen LogP contribution in [0.15, 0.2) is 23.9 Å². The summed E-state index contributed by atoms with van der Waals surface area (Å²) in [6.07, 6.45) is 2.05. The zero-order valence-electron chi connectivity index (χ0n) is 13.2. The van der Waals surface area contributed by atoms with Gasteiger partial charge in [-0.3, -0.25) is 10.1 Å². The van der Waals surface area contributed by atoms with Gasteiger partial charge in [0.05, 0.1) is 12.3 Å². The number of hydrogen-bond acceptors (Lipinski definition) is 7. The molecule has 2 N–H and O–H groups in total. The first-order valence-corrected chi connectivity index (χ1v) is 8.74. The van der Waals surface area contributed by atoms with Crippen molar-refractivity contribution in [2.24, 2.45) is 0 Å². The van der Waals surface area contributed by atoms with E-state index in [1.807, 2.05) is 6.92 Å². The molecule has 0 unspecified atom stereocenters. The van der Waals surface area contributed by atoms with Crippen molar-refractivity contribution in [3.8, 4) is 0 Å². The van der Waals surface area contributed by atoms with E-state index >= 15 is 0 Å². The Morgan fingerprint density at radius 1 is 1.48 bits per heavy atom. The quantitative estimate of drug-likeness (QED) is 0.365. The smallest absolute Gasteiger partial charge is 0.262 e. The summed E-state index contributed by atoms with van der Waals surface area (Å²) in [6, 6.07) is 2.52. The lowest BCUT2D eigenvalue weighted by Gasteiger charge is -2.14. The predicted molar refractivity (Wildman–Crippen MR) is 96.4 cm³/mol. The van der Waals surface area contributed by atoms with Gasteiger partial charge in [0.25, 0.3) is 5.17 Å². The highest BCUT2D eigenvalue weighted by Gasteiger charge is 2.29. The number of aryl methyl sites for hydroxylation is 1. The number of allylic oxidation sites excluding steroid dienone is 1. The molecule has 0 amide bonds. The highest BCUT2D eigenvalue weighted by atomic mass is 32.1. The highest BCUT2D eigenvalue weighted by molar-refractivity contribution is 7.80. The standard InChI is InChI=1S/C16H14FN3O3S2/c1-2-23-16(24)20-15-19-10-5-4-9(13(22)14(10)25-15)12(21)8-3-6-11(17)18-7-8/h3,6-7,21H,2,4-5H2,1H3,(H,19,20,24). The number of ketones is 1. The molecule has 25 heavy (non-hydrogen) atoms. The summed E-state index contributed by atoms with van der Waals surface area (Å²) >= 11 is 6.16. The minimum absolute atomic E-state index is 0.184. The topological polar surface area (TPSA) is 84.3 Å². The molecular formula is C16H14FN3O3S2. The Balaban J connectivity index is 1.88. The summed E-state index contributed by atoms with van der Waals surface area (Å²) < 4.78 is 18.1. The lowest BCUT2D eigenvalue weighted by Crippen LogP contribution is -2.14. The van der Waals surface area contributed by atoms with Crippen molar-refractivity contribution in [1.82, 2.24) is 9.97 Å². The van der Waals surface area contributed by atoms with Gasteiger partial charge >= 0.3 is 0 Å². The van der Waals surface area contributed by atoms with Crippen molar-refractivity contribution in [1.29, 1.82) is 0 Å². The Hall–Kier alpha value is -2.39. The van der Waals surface area contributed by atoms with Crippen LogP contribution in [0.2, 0.25) is 0 Å². The third-order valence-corrected chi connectivity index (χ3v) is 4.79. The number of fused-ring (bicyclic) bond motifs is 1. The van der Waals surface area contributed by atoms with Gasteiger partial charge < -0.3 is 9.84 Å². The van der Waals surface area contributed by atoms with E-state index in [0.29, 0.717) is 40.7 Å². The van der Waals surface area contributed by atoms with Crippen LogP contribution in [0.4, 0.5) is 9.52 Å². The normalized spacial score (nSPS) is 15.5. The Morgan fingerprint density at radius 3 is 2.96 bits per heavy atom. The Morgan fingerprint density at radius 2 is 2.28 bits per heavy atom. The summed E-state index contributed by atoms with van der Waals surface area (Å²) in [7, 11) is 0. The van der Waals surface area contributed by atoms with E-state index in [4.69, 9.17) is 17.0 Å². The van der Waals surface area contributed by atoms with Crippen molar-refractivity contribution < 1.29 is 19.0 Å². The van der Waals surface area contributed by atoms with E-state index < -0.39 is 5.95 Å². The molecular weight excluding hydrogens is 365 g/mol. The molecule has 0 saturated heterocycles. The summed E-state index contributed by atoms with van der Waals surface area (Å²) in [6.45, 7) is 2.25. The fourth-order valence-corrected chi connectivity index (χ4v) is 3.67. The Kier molecular flexibility index (Phi) is 5.05. The number of anilines is 1. The molecule has 0 fully saturated rings. The number of thiazole rings is 1. The number of aromatic nitrogens is 2. The van der Waals surface area contributed by atoms with Crippen LogP contribution >= 0.6 is 23.6 Å². The number of hydrogen-bond donors (Lipinski definition) is 2. The second kappa shape index (κ2) is 7.24. The number of aliphatic hydroxyl groups excluding tert-OH is 1. The number of aliphatic hydroxyl groups is 1. The van der Waals surface area contributed by atoms with E-state index in [9.17, 15) is 14.3 Å². The third kappa shape index (κ3) is 3.67. The van der Waals surface area contributed by atoms with Crippen molar-refractivity contribution in [3.63, 3.8) is 0 Å². The van der Waals surface area contributed by atoms with Crippen LogP contribution in [0.5, 0.6) is 0 Å². The average Bonchev–Trinajstić information content (AvgIpc) is 2.99. The van der Waals surface area contributed by atoms with Crippen LogP contribution in [-0.4, -0.2) is 32.6 Å². The minimum Gasteiger partial charge on any atom is -0.507 e. The first-order valence-electron chi connectivity index (χ1n) is 7.51. The predicted octanol–water partition coefficient (Wildman–Crippen LogP) is 3.51. The van der Waals surface area contributed by atoms with E-state index in [1.54, 1.807) is 0 Å². The number of rotatable bonds is 3. The number of Topliss-reactive ketones (excluding diaryl/α,β-unsaturated/α-hetero) is 1. The lowest BCUT2D eigenvalue weighted by atomic mass is 9.93. The summed E-state index contributed by atoms with van der Waals surface area (Å²) in [5.74, 6) is -1.13. The van der Waals surface area contributed by atoms with Crippen molar-refractivity contribution in [2.45, 2.75) is 19.8 Å². The molecule has 0 bridgehead atoms. The Bertz CT molecular complexity index is 862. The van der Waals surface area contributed by atoms with Gasteiger partial charge in [0.1, 0.15) is 10.6 Å². The van der Waals surface area contributed by atoms with Crippen molar-refractivity contribution >= 4 is 45.4 Å². The molecule has 3 rings (SSSR count). The van der Waals surface area contributed by atoms with E-state index in [1.165, 1.54) is 12.3 Å². The fraction of sp³-hybridized carbons (Fsp3) is 0.250. The van der Waals surface area contributed by atoms with Crippen LogP contribution in [0, 0.1) is 5.95 Å². The highest BCUT2D eigenvalue weighted by Crippen LogP contribution is 2.34. The van der Waals surface area contributed by atoms with Gasteiger partial charge in [-0.25, -0.2) is 9.97 Å². The number of carbonyl (C=O) groups excluding carboxylic acids is 1. The van der Waals surface area contributed by atoms with Crippen LogP contribution in [0.25, 0.3) is 5.76 Å². The molecule has 0 aliphatic heterocycles. The maximum Gasteiger partial charge on any atom is 0.262 e. The molecule has 9 heteroatoms. The van der Waals surface area contributed by atoms with Crippen LogP contribution in [-0.2, 0) is 11.2 Å². The van der Waals surface area contributed by atoms with Crippen molar-refractivity contribution in [2.75, 3.05) is 11.9 Å². The molecule has 2 heterocycles. The molecule has 0 atom stereocenters. The monoisotopic (exact) mass is 379 g/mol. The molecule has 1 aliphatic carbocycles. The number of pyridine rings is 1. The Labute approximate surface area is 152 Å². The number of nitrogens with zero attached hydrogens (tertiary/aromatic N) is 2. The van der Waals surface area contributed by atoms with Gasteiger partial charge in [-0.15, -0.1) is 0 Å². The molecule has 2 aromatic rings. The maximum absolute atomic E-state index is 12.9. The van der Waals surface area contributed by atoms with Crippen LogP contribution in [0.1, 0.15) is 34.3 Å². The van der Waals surface area contributed by atoms with Gasteiger partial charge in [0, 0.05) is 17.3 Å². The number of nitrogens with one attached hydrogen (secondary N) is 1. The second-order valence-electron chi connectivity index (χ2n) is 5.17. The molecule has 6 nitrogen and oxygen atoms in total. The van der Waals surface area contributed by atoms with E-state index in [-0.39, 0.29) is 22.3 Å². The summed E-state index contributed by atoms with van der Waals surface area (Å²) in [4.78, 5) is 21.0. The van der Waals surface area contributed by atoms with Gasteiger partial charge in [0.2, 0.25) is 11.7 Å². The number of halogens is 1. The number of carbonyl (C=O) groups is 1. The van der Waals surface area contributed by atoms with Crippen LogP contribution < -0.4 is 5.32 Å². The fourth-order valence-electron chi connectivity index (χ4n) is 2.42. The van der Waals surface area contributed by atoms with Gasteiger partial charge in [-0.05, 0) is 44.1 Å². The molecule has 0 saturated carbocycles. The molecule has 130 valence electrons. The van der Waals surface area contributed by atoms with Gasteiger partial charge in [-0.2, -0.15) is 4.39 Å².